The fraction of sp³-hybridized carbons (Fsp3) is 0.909. The van der Waals surface area contributed by atoms with Crippen LogP contribution in [0.25, 0.3) is 0 Å². The van der Waals surface area contributed by atoms with E-state index >= 15 is 0 Å². The third kappa shape index (κ3) is 4.79. The molecule has 5 aliphatic rings. The van der Waals surface area contributed by atoms with Crippen LogP contribution in [0.3, 0.4) is 0 Å². The monoisotopic (exact) mass is 578 g/mol. The fourth-order valence-electron chi connectivity index (χ4n) is 10.0. The van der Waals surface area contributed by atoms with E-state index in [-0.39, 0.29) is 59.6 Å². The van der Waals surface area contributed by atoms with E-state index in [1.165, 1.54) is 0 Å². The number of rotatable bonds is 9. The maximum Gasteiger partial charge on any atom is 0.159 e. The molecular formula is C33H54O8. The highest BCUT2D eigenvalue weighted by Gasteiger charge is 2.69. The summed E-state index contributed by atoms with van der Waals surface area (Å²) in [4.78, 5) is 13.7. The SMILES string of the molecule is COCCCO[C@H]1CC[C@@]2(C)[C@@H](C1)C(=O)C=C1[C@@H]2CC[C@]2(C)[C@@H]([C@](C)(O)[C@H](O)[C@H]3O[C@@H](CO)[C@H](C)[C@H]3C)CC[C@@]12O. The number of allylic oxidation sites excluding steroid dienone is 1. The Morgan fingerprint density at radius 2 is 1.83 bits per heavy atom. The van der Waals surface area contributed by atoms with Crippen LogP contribution in [0.4, 0.5) is 0 Å². The Labute approximate surface area is 245 Å². The average molecular weight is 579 g/mol. The van der Waals surface area contributed by atoms with Gasteiger partial charge in [0.1, 0.15) is 6.10 Å². The number of aliphatic hydroxyl groups excluding tert-OH is 2. The Kier molecular flexibility index (Phi) is 8.65. The van der Waals surface area contributed by atoms with Crippen LogP contribution in [0, 0.1) is 40.4 Å². The highest BCUT2D eigenvalue weighted by Crippen LogP contribution is 2.68. The van der Waals surface area contributed by atoms with Gasteiger partial charge >= 0.3 is 0 Å². The van der Waals surface area contributed by atoms with Crippen LogP contribution >= 0.6 is 0 Å². The number of hydrogen-bond acceptors (Lipinski definition) is 8. The van der Waals surface area contributed by atoms with Crippen molar-refractivity contribution in [2.75, 3.05) is 26.9 Å². The molecule has 8 heteroatoms. The van der Waals surface area contributed by atoms with Gasteiger partial charge in [-0.2, -0.15) is 0 Å². The molecule has 4 N–H and O–H groups in total. The summed E-state index contributed by atoms with van der Waals surface area (Å²) < 4.78 is 17.3. The number of fused-ring (bicyclic) bond motifs is 5. The van der Waals surface area contributed by atoms with Crippen molar-refractivity contribution in [3.05, 3.63) is 11.6 Å². The summed E-state index contributed by atoms with van der Waals surface area (Å²) in [6.45, 7) is 11.2. The molecule has 0 amide bonds. The molecule has 3 saturated carbocycles. The van der Waals surface area contributed by atoms with Crippen molar-refractivity contribution >= 4 is 5.78 Å². The molecule has 1 aliphatic heterocycles. The van der Waals surface area contributed by atoms with Crippen LogP contribution in [-0.2, 0) is 19.0 Å². The van der Waals surface area contributed by atoms with E-state index in [1.807, 2.05) is 20.8 Å². The van der Waals surface area contributed by atoms with Gasteiger partial charge in [-0.05, 0) is 99.0 Å². The molecule has 4 fully saturated rings. The molecule has 0 unspecified atom stereocenters. The van der Waals surface area contributed by atoms with E-state index in [4.69, 9.17) is 14.2 Å². The van der Waals surface area contributed by atoms with Crippen LogP contribution in [-0.4, -0.2) is 88.8 Å². The van der Waals surface area contributed by atoms with Crippen LogP contribution < -0.4 is 0 Å². The number of ether oxygens (including phenoxy) is 3. The summed E-state index contributed by atoms with van der Waals surface area (Å²) in [5, 5.41) is 45.9. The number of ketones is 1. The summed E-state index contributed by atoms with van der Waals surface area (Å²) in [6, 6.07) is 0. The normalized spacial score (nSPS) is 48.1. The molecule has 0 spiro atoms. The van der Waals surface area contributed by atoms with Gasteiger partial charge in [0.05, 0.1) is 36.1 Å². The van der Waals surface area contributed by atoms with Crippen LogP contribution in [0.15, 0.2) is 11.6 Å². The maximum atomic E-state index is 13.7. The Morgan fingerprint density at radius 3 is 2.49 bits per heavy atom. The zero-order valence-corrected chi connectivity index (χ0v) is 26.0. The summed E-state index contributed by atoms with van der Waals surface area (Å²) in [5.41, 5.74) is -2.81. The van der Waals surface area contributed by atoms with Crippen LogP contribution in [0.5, 0.6) is 0 Å². The smallest absolute Gasteiger partial charge is 0.159 e. The third-order valence-corrected chi connectivity index (χ3v) is 13.0. The zero-order valence-electron chi connectivity index (χ0n) is 26.0. The quantitative estimate of drug-likeness (QED) is 0.307. The molecule has 0 aromatic carbocycles. The Hall–Kier alpha value is -0.870. The van der Waals surface area contributed by atoms with Crippen LogP contribution in [0.1, 0.15) is 86.0 Å². The molecule has 41 heavy (non-hydrogen) atoms. The first-order valence-corrected chi connectivity index (χ1v) is 16.0. The molecule has 0 aromatic rings. The van der Waals surface area contributed by atoms with Gasteiger partial charge in [-0.3, -0.25) is 4.79 Å². The second kappa shape index (κ2) is 11.2. The number of methoxy groups -OCH3 is 1. The van der Waals surface area contributed by atoms with Crippen molar-refractivity contribution in [2.24, 2.45) is 40.4 Å². The van der Waals surface area contributed by atoms with E-state index in [0.717, 1.165) is 31.3 Å². The molecule has 0 aromatic heterocycles. The van der Waals surface area contributed by atoms with E-state index in [1.54, 1.807) is 20.1 Å². The molecule has 13 atom stereocenters. The molecule has 8 nitrogen and oxygen atoms in total. The lowest BCUT2D eigenvalue weighted by molar-refractivity contribution is -0.197. The van der Waals surface area contributed by atoms with Gasteiger partial charge in [0, 0.05) is 31.7 Å². The van der Waals surface area contributed by atoms with E-state index in [9.17, 15) is 25.2 Å². The van der Waals surface area contributed by atoms with Crippen molar-refractivity contribution in [2.45, 2.75) is 122 Å². The minimum absolute atomic E-state index is 0.0351. The minimum atomic E-state index is -1.51. The molecule has 0 radical (unpaired) electrons. The highest BCUT2D eigenvalue weighted by molar-refractivity contribution is 5.95. The van der Waals surface area contributed by atoms with Crippen molar-refractivity contribution in [3.63, 3.8) is 0 Å². The van der Waals surface area contributed by atoms with E-state index in [2.05, 4.69) is 6.92 Å². The molecule has 0 bridgehead atoms. The lowest BCUT2D eigenvalue weighted by Gasteiger charge is -2.60. The number of hydrogen-bond donors (Lipinski definition) is 4. The molecule has 234 valence electrons. The van der Waals surface area contributed by atoms with Crippen molar-refractivity contribution in [3.8, 4) is 0 Å². The van der Waals surface area contributed by atoms with Crippen molar-refractivity contribution in [1.82, 2.24) is 0 Å². The molecule has 4 aliphatic carbocycles. The topological polar surface area (TPSA) is 126 Å². The number of aliphatic hydroxyl groups is 4. The first-order valence-electron chi connectivity index (χ1n) is 16.0. The predicted molar refractivity (Wildman–Crippen MR) is 154 cm³/mol. The zero-order chi connectivity index (χ0) is 30.0. The van der Waals surface area contributed by atoms with Crippen molar-refractivity contribution in [1.29, 1.82) is 0 Å². The predicted octanol–water partition coefficient (Wildman–Crippen LogP) is 3.42. The van der Waals surface area contributed by atoms with E-state index in [0.29, 0.717) is 38.9 Å². The lowest BCUT2D eigenvalue weighted by atomic mass is 9.46. The van der Waals surface area contributed by atoms with Gasteiger partial charge in [0.25, 0.3) is 0 Å². The molecule has 5 rings (SSSR count). The third-order valence-electron chi connectivity index (χ3n) is 13.0. The summed E-state index contributed by atoms with van der Waals surface area (Å²) in [7, 11) is 1.69. The second-order valence-corrected chi connectivity index (χ2v) is 14.8. The second-order valence-electron chi connectivity index (χ2n) is 14.8. The fourth-order valence-corrected chi connectivity index (χ4v) is 10.0. The Bertz CT molecular complexity index is 1010. The summed E-state index contributed by atoms with van der Waals surface area (Å²) in [5.74, 6) is -0.278. The standard InChI is InChI=1S/C33H54O8/c1-19-20(2)28(41-26(19)18-34)29(36)32(5,37)27-10-13-33(38)23-17-25(35)24-16-21(40-15-7-14-39-6)8-11-30(24,3)22(23)9-12-31(27,33)4/h17,19-22,24,26-29,34,36-38H,7-16,18H2,1-6H3/t19-,20-,21+,22+,24+,26+,27+,28+,29-,30-,31-,32+,33-/m1/s1. The Balaban J connectivity index is 1.38. The first-order chi connectivity index (χ1) is 19.3. The Morgan fingerprint density at radius 1 is 1.10 bits per heavy atom. The van der Waals surface area contributed by atoms with Gasteiger partial charge in [0.15, 0.2) is 5.78 Å². The van der Waals surface area contributed by atoms with Gasteiger partial charge in [-0.15, -0.1) is 0 Å². The highest BCUT2D eigenvalue weighted by atomic mass is 16.5. The number of carbonyl (C=O) groups excluding carboxylic acids is 1. The molecule has 1 heterocycles. The number of carbonyl (C=O) groups is 1. The maximum absolute atomic E-state index is 13.7. The molecule has 1 saturated heterocycles. The van der Waals surface area contributed by atoms with Gasteiger partial charge in [0.2, 0.25) is 0 Å². The van der Waals surface area contributed by atoms with Gasteiger partial charge in [-0.25, -0.2) is 0 Å². The molecular weight excluding hydrogens is 524 g/mol. The van der Waals surface area contributed by atoms with Gasteiger partial charge < -0.3 is 34.6 Å². The summed E-state index contributed by atoms with van der Waals surface area (Å²) in [6.07, 6.45) is 5.59. The minimum Gasteiger partial charge on any atom is -0.394 e. The van der Waals surface area contributed by atoms with Gasteiger partial charge in [-0.1, -0.05) is 27.7 Å². The van der Waals surface area contributed by atoms with E-state index < -0.39 is 28.8 Å². The first kappa shape index (κ1) is 31.6. The summed E-state index contributed by atoms with van der Waals surface area (Å²) >= 11 is 0. The van der Waals surface area contributed by atoms with Crippen LogP contribution in [0.2, 0.25) is 0 Å². The average Bonchev–Trinajstić information content (AvgIpc) is 3.39. The van der Waals surface area contributed by atoms with Crippen molar-refractivity contribution < 1.29 is 39.4 Å². The largest absolute Gasteiger partial charge is 0.394 e. The lowest BCUT2D eigenvalue weighted by Crippen LogP contribution is -2.63.